The average Bonchev–Trinajstić information content (AvgIpc) is 2.81. The van der Waals surface area contributed by atoms with E-state index in [1.165, 1.54) is 0 Å². The zero-order valence-electron chi connectivity index (χ0n) is 9.10. The largest absolute Gasteiger partial charge is 0.435 e. The maximum atomic E-state index is 12.5. The van der Waals surface area contributed by atoms with E-state index in [2.05, 4.69) is 36.2 Å². The molecule has 0 unspecified atom stereocenters. The number of aromatic nitrogens is 3. The highest BCUT2D eigenvalue weighted by Gasteiger charge is 2.36. The Morgan fingerprint density at radius 3 is 2.72 bits per heavy atom. The summed E-state index contributed by atoms with van der Waals surface area (Å²) in [4.78, 5) is 10.5. The summed E-state index contributed by atoms with van der Waals surface area (Å²) < 4.78 is 37.5. The summed E-state index contributed by atoms with van der Waals surface area (Å²) in [5.41, 5.74) is -0.0197. The van der Waals surface area contributed by atoms with E-state index in [0.717, 1.165) is 17.0 Å². The number of anilines is 1. The second kappa shape index (κ2) is 4.88. The molecule has 4 nitrogen and oxygen atoms in total. The van der Waals surface area contributed by atoms with Gasteiger partial charge >= 0.3 is 6.18 Å². The third kappa shape index (κ3) is 3.02. The van der Waals surface area contributed by atoms with Crippen molar-refractivity contribution in [2.45, 2.75) is 19.6 Å². The van der Waals surface area contributed by atoms with Crippen molar-refractivity contribution in [1.82, 2.24) is 15.0 Å². The molecular weight excluding hydrogens is 333 g/mol. The van der Waals surface area contributed by atoms with Crippen molar-refractivity contribution in [2.75, 3.05) is 5.32 Å². The summed E-state index contributed by atoms with van der Waals surface area (Å²) >= 11 is 3.76. The fraction of sp³-hybridized carbons (Fsp3) is 0.333. The van der Waals surface area contributed by atoms with Crippen molar-refractivity contribution in [2.24, 2.45) is 0 Å². The lowest BCUT2D eigenvalue weighted by molar-refractivity contribution is -0.141. The Bertz CT molecular complexity index is 548. The van der Waals surface area contributed by atoms with Gasteiger partial charge < -0.3 is 10.3 Å². The van der Waals surface area contributed by atoms with Gasteiger partial charge in [0, 0.05) is 11.9 Å². The van der Waals surface area contributed by atoms with E-state index >= 15 is 0 Å². The van der Waals surface area contributed by atoms with E-state index in [-0.39, 0.29) is 8.92 Å². The van der Waals surface area contributed by atoms with Gasteiger partial charge in [0.1, 0.15) is 9.61 Å². The van der Waals surface area contributed by atoms with Gasteiger partial charge in [-0.3, -0.25) is 0 Å². The Labute approximate surface area is 113 Å². The minimum absolute atomic E-state index is 0.0341. The number of hydrogen-bond acceptors (Lipinski definition) is 4. The number of alkyl halides is 3. The van der Waals surface area contributed by atoms with Crippen molar-refractivity contribution in [1.29, 1.82) is 0 Å². The molecule has 0 saturated carbocycles. The van der Waals surface area contributed by atoms with E-state index in [4.69, 9.17) is 0 Å². The number of aromatic amines is 1. The lowest BCUT2D eigenvalue weighted by Gasteiger charge is -2.01. The van der Waals surface area contributed by atoms with Gasteiger partial charge in [-0.2, -0.15) is 13.2 Å². The van der Waals surface area contributed by atoms with E-state index < -0.39 is 11.9 Å². The highest BCUT2D eigenvalue weighted by atomic mass is 79.9. The molecule has 0 saturated heterocycles. The molecule has 0 atom stereocenters. The van der Waals surface area contributed by atoms with Crippen LogP contribution in [-0.4, -0.2) is 15.0 Å². The van der Waals surface area contributed by atoms with Gasteiger partial charge in [0.05, 0.1) is 6.54 Å². The lowest BCUT2D eigenvalue weighted by Crippen LogP contribution is -2.07. The first-order valence-electron chi connectivity index (χ1n) is 4.84. The van der Waals surface area contributed by atoms with Crippen LogP contribution in [0.5, 0.6) is 0 Å². The van der Waals surface area contributed by atoms with Crippen LogP contribution in [0.3, 0.4) is 0 Å². The Hall–Kier alpha value is -1.09. The summed E-state index contributed by atoms with van der Waals surface area (Å²) in [5.74, 6) is 0.646. The van der Waals surface area contributed by atoms with E-state index in [1.54, 1.807) is 6.20 Å². The highest BCUT2D eigenvalue weighted by Crippen LogP contribution is 2.39. The molecule has 0 bridgehead atoms. The predicted molar refractivity (Wildman–Crippen MR) is 65.5 cm³/mol. The van der Waals surface area contributed by atoms with Crippen LogP contribution in [0.4, 0.5) is 18.3 Å². The van der Waals surface area contributed by atoms with Crippen LogP contribution in [0.15, 0.2) is 9.98 Å². The van der Waals surface area contributed by atoms with Crippen LogP contribution in [0, 0.1) is 6.92 Å². The number of aryl methyl sites for hydroxylation is 1. The van der Waals surface area contributed by atoms with Crippen LogP contribution >= 0.6 is 27.3 Å². The molecule has 2 N–H and O–H groups in total. The molecule has 0 aromatic carbocycles. The third-order valence-corrected chi connectivity index (χ3v) is 3.68. The van der Waals surface area contributed by atoms with Crippen LogP contribution in [0.25, 0.3) is 0 Å². The molecule has 2 aromatic rings. The normalized spacial score (nSPS) is 11.8. The number of nitrogens with zero attached hydrogens (tertiary/aromatic N) is 2. The van der Waals surface area contributed by atoms with Gasteiger partial charge in [0.25, 0.3) is 0 Å². The first kappa shape index (κ1) is 13.3. The van der Waals surface area contributed by atoms with Crippen molar-refractivity contribution in [3.8, 4) is 0 Å². The fourth-order valence-electron chi connectivity index (χ4n) is 1.27. The molecule has 9 heteroatoms. The summed E-state index contributed by atoms with van der Waals surface area (Å²) in [6.45, 7) is 2.14. The predicted octanol–water partition coefficient (Wildman–Crippen LogP) is 3.57. The van der Waals surface area contributed by atoms with Crippen molar-refractivity contribution >= 4 is 32.4 Å². The Morgan fingerprint density at radius 1 is 1.50 bits per heavy atom. The van der Waals surface area contributed by atoms with Crippen LogP contribution in [0.1, 0.15) is 17.2 Å². The van der Waals surface area contributed by atoms with Gasteiger partial charge in [0.15, 0.2) is 10.8 Å². The van der Waals surface area contributed by atoms with Gasteiger partial charge in [-0.15, -0.1) is 0 Å². The lowest BCUT2D eigenvalue weighted by atomic mass is 10.5. The van der Waals surface area contributed by atoms with Crippen LogP contribution < -0.4 is 5.32 Å². The van der Waals surface area contributed by atoms with Gasteiger partial charge in [-0.1, -0.05) is 11.3 Å². The molecule has 18 heavy (non-hydrogen) atoms. The maximum Gasteiger partial charge on any atom is 0.435 e. The second-order valence-corrected chi connectivity index (χ2v) is 5.82. The molecule has 0 fully saturated rings. The number of rotatable bonds is 3. The molecule has 0 amide bonds. The van der Waals surface area contributed by atoms with Crippen LogP contribution in [-0.2, 0) is 12.7 Å². The maximum absolute atomic E-state index is 12.5. The van der Waals surface area contributed by atoms with Gasteiger partial charge in [-0.25, -0.2) is 9.97 Å². The first-order valence-corrected chi connectivity index (χ1v) is 6.45. The van der Waals surface area contributed by atoms with E-state index in [0.29, 0.717) is 12.4 Å². The van der Waals surface area contributed by atoms with E-state index in [9.17, 15) is 13.2 Å². The standard InChI is InChI=1S/C9H8BrF3N4S/c1-4-2-14-5(16-4)3-15-8-17-6(7(10)18-8)9(11,12)13/h2H,3H2,1H3,(H,14,16)(H,15,17). The Morgan fingerprint density at radius 2 is 2.22 bits per heavy atom. The fourth-order valence-corrected chi connectivity index (χ4v) is 2.75. The molecule has 98 valence electrons. The monoisotopic (exact) mass is 340 g/mol. The number of H-pyrrole nitrogens is 1. The van der Waals surface area contributed by atoms with Crippen LogP contribution in [0.2, 0.25) is 0 Å². The summed E-state index contributed by atoms with van der Waals surface area (Å²) in [5, 5.41) is 2.99. The topological polar surface area (TPSA) is 53.6 Å². The Balaban J connectivity index is 2.07. The van der Waals surface area contributed by atoms with Gasteiger partial charge in [-0.05, 0) is 22.9 Å². The molecule has 0 aliphatic carbocycles. The molecule has 0 aliphatic heterocycles. The molecular formula is C9H8BrF3N4S. The summed E-state index contributed by atoms with van der Waals surface area (Å²) in [6.07, 6.45) is -2.80. The molecule has 2 rings (SSSR count). The number of hydrogen-bond donors (Lipinski definition) is 2. The third-order valence-electron chi connectivity index (χ3n) is 2.02. The molecule has 2 aromatic heterocycles. The summed E-state index contributed by atoms with van der Waals surface area (Å²) in [6, 6.07) is 0. The molecule has 0 radical (unpaired) electrons. The van der Waals surface area contributed by atoms with Crippen molar-refractivity contribution in [3.63, 3.8) is 0 Å². The second-order valence-electron chi connectivity index (χ2n) is 3.51. The number of nitrogens with one attached hydrogen (secondary N) is 2. The molecule has 0 aliphatic rings. The quantitative estimate of drug-likeness (QED) is 0.898. The van der Waals surface area contributed by atoms with E-state index in [1.807, 2.05) is 6.92 Å². The Kier molecular flexibility index (Phi) is 3.62. The smallest absolute Gasteiger partial charge is 0.354 e. The van der Waals surface area contributed by atoms with Crippen molar-refractivity contribution in [3.05, 3.63) is 27.2 Å². The average molecular weight is 341 g/mol. The minimum atomic E-state index is -4.45. The SMILES string of the molecule is Cc1cnc(CNc2nc(C(F)(F)F)c(Br)s2)[nH]1. The number of thiazole rings is 1. The van der Waals surface area contributed by atoms with Gasteiger partial charge in [0.2, 0.25) is 0 Å². The number of halogens is 4. The van der Waals surface area contributed by atoms with Crippen molar-refractivity contribution < 1.29 is 13.2 Å². The zero-order chi connectivity index (χ0) is 13.3. The first-order chi connectivity index (χ1) is 8.36. The number of imidazole rings is 1. The highest BCUT2D eigenvalue weighted by molar-refractivity contribution is 9.11. The molecule has 2 heterocycles. The molecule has 0 spiro atoms. The minimum Gasteiger partial charge on any atom is -0.354 e. The summed E-state index contributed by atoms with van der Waals surface area (Å²) in [7, 11) is 0. The zero-order valence-corrected chi connectivity index (χ0v) is 11.5.